The lowest BCUT2D eigenvalue weighted by Gasteiger charge is -2.00. The Morgan fingerprint density at radius 3 is 2.22 bits per heavy atom. The van der Waals surface area contributed by atoms with Crippen LogP contribution in [0.5, 0.6) is 0 Å². The molecular formula is C24H25N5O2S. The third-order valence-corrected chi connectivity index (χ3v) is 5.22. The molecule has 2 aromatic carbocycles. The van der Waals surface area contributed by atoms with Crippen LogP contribution in [0.15, 0.2) is 54.6 Å². The van der Waals surface area contributed by atoms with E-state index in [1.807, 2.05) is 56.3 Å². The van der Waals surface area contributed by atoms with Crippen molar-refractivity contribution < 1.29 is 9.53 Å². The Hall–Kier alpha value is -3.65. The van der Waals surface area contributed by atoms with E-state index in [2.05, 4.69) is 35.7 Å². The quantitative estimate of drug-likeness (QED) is 0.348. The number of carbonyl (C=O) groups excluding carboxylic acids is 1. The van der Waals surface area contributed by atoms with Gasteiger partial charge in [0.2, 0.25) is 0 Å². The fourth-order valence-corrected chi connectivity index (χ4v) is 3.82. The van der Waals surface area contributed by atoms with Crippen LogP contribution in [-0.4, -0.2) is 38.0 Å². The Kier molecular flexibility index (Phi) is 7.62. The first-order valence-corrected chi connectivity index (χ1v) is 10.8. The van der Waals surface area contributed by atoms with E-state index in [1.165, 1.54) is 11.8 Å². The number of methoxy groups -OCH3 is 1. The summed E-state index contributed by atoms with van der Waals surface area (Å²) in [4.78, 5) is 30.7. The number of aryl methyl sites for hydroxylation is 4. The highest BCUT2D eigenvalue weighted by Gasteiger charge is 2.07. The van der Waals surface area contributed by atoms with Gasteiger partial charge < -0.3 is 9.72 Å². The highest BCUT2D eigenvalue weighted by molar-refractivity contribution is 7.18. The van der Waals surface area contributed by atoms with Crippen molar-refractivity contribution in [2.24, 2.45) is 0 Å². The van der Waals surface area contributed by atoms with Crippen LogP contribution in [0.4, 0.5) is 0 Å². The van der Waals surface area contributed by atoms with Crippen molar-refractivity contribution in [2.75, 3.05) is 7.11 Å². The summed E-state index contributed by atoms with van der Waals surface area (Å²) in [7, 11) is 1.33. The van der Waals surface area contributed by atoms with Crippen molar-refractivity contribution in [3.63, 3.8) is 0 Å². The molecule has 3 heterocycles. The molecule has 0 unspecified atom stereocenters. The molecule has 5 rings (SSSR count). The van der Waals surface area contributed by atoms with Crippen molar-refractivity contribution >= 4 is 38.6 Å². The Balaban J connectivity index is 0.000000136. The maximum Gasteiger partial charge on any atom is 0.356 e. The number of aromatic amines is 1. The summed E-state index contributed by atoms with van der Waals surface area (Å²) >= 11 is 1.74. The molecule has 0 bridgehead atoms. The van der Waals surface area contributed by atoms with Gasteiger partial charge >= 0.3 is 5.97 Å². The molecule has 0 aliphatic heterocycles. The van der Waals surface area contributed by atoms with Gasteiger partial charge in [-0.25, -0.2) is 24.7 Å². The molecule has 5 aromatic rings. The Morgan fingerprint density at radius 2 is 1.56 bits per heavy atom. The van der Waals surface area contributed by atoms with E-state index in [1.54, 1.807) is 31.3 Å². The van der Waals surface area contributed by atoms with Gasteiger partial charge in [-0.1, -0.05) is 24.3 Å². The number of esters is 1. The first kappa shape index (κ1) is 23.0. The highest BCUT2D eigenvalue weighted by atomic mass is 32.1. The van der Waals surface area contributed by atoms with Gasteiger partial charge in [-0.2, -0.15) is 0 Å². The van der Waals surface area contributed by atoms with Crippen molar-refractivity contribution in [3.05, 3.63) is 82.6 Å². The van der Waals surface area contributed by atoms with Gasteiger partial charge in [0.1, 0.15) is 11.6 Å². The monoisotopic (exact) mass is 447 g/mol. The molecule has 7 nitrogen and oxygen atoms in total. The van der Waals surface area contributed by atoms with Gasteiger partial charge in [-0.05, 0) is 58.0 Å². The number of nitrogens with zero attached hydrogens (tertiary/aromatic N) is 4. The van der Waals surface area contributed by atoms with Gasteiger partial charge in [0.15, 0.2) is 5.69 Å². The predicted octanol–water partition coefficient (Wildman–Crippen LogP) is 5.36. The summed E-state index contributed by atoms with van der Waals surface area (Å²) in [5.41, 5.74) is 4.34. The number of imidazole rings is 1. The first-order chi connectivity index (χ1) is 15.4. The molecule has 0 spiro atoms. The zero-order valence-electron chi connectivity index (χ0n) is 18.7. The molecule has 0 amide bonds. The van der Waals surface area contributed by atoms with E-state index in [9.17, 15) is 4.79 Å². The van der Waals surface area contributed by atoms with Crippen molar-refractivity contribution in [3.8, 4) is 0 Å². The molecule has 32 heavy (non-hydrogen) atoms. The lowest BCUT2D eigenvalue weighted by Crippen LogP contribution is -2.06. The largest absolute Gasteiger partial charge is 0.464 e. The highest BCUT2D eigenvalue weighted by Crippen LogP contribution is 2.19. The van der Waals surface area contributed by atoms with Crippen LogP contribution in [0.1, 0.15) is 32.8 Å². The molecule has 164 valence electrons. The number of thiazole rings is 1. The molecule has 0 saturated carbocycles. The van der Waals surface area contributed by atoms with E-state index in [4.69, 9.17) is 0 Å². The van der Waals surface area contributed by atoms with Crippen LogP contribution >= 0.6 is 11.3 Å². The topological polar surface area (TPSA) is 93.6 Å². The van der Waals surface area contributed by atoms with Gasteiger partial charge in [-0.3, -0.25) is 0 Å². The fourth-order valence-electron chi connectivity index (χ4n) is 2.99. The molecule has 0 saturated heterocycles. The van der Waals surface area contributed by atoms with Crippen LogP contribution in [0.2, 0.25) is 0 Å². The number of hydrogen-bond donors (Lipinski definition) is 1. The third kappa shape index (κ3) is 6.18. The van der Waals surface area contributed by atoms with Crippen LogP contribution in [0.25, 0.3) is 21.3 Å². The van der Waals surface area contributed by atoms with Crippen molar-refractivity contribution in [1.29, 1.82) is 0 Å². The van der Waals surface area contributed by atoms with E-state index in [0.29, 0.717) is 11.5 Å². The van der Waals surface area contributed by atoms with Crippen LogP contribution < -0.4 is 0 Å². The minimum Gasteiger partial charge on any atom is -0.464 e. The standard InChI is InChI=1S/C8H10N2O2.C8H8N2.C8H7NS/c1-5-4-7(8(11)12-3)10-6(2)9-5;2*1-6-9-7-4-2-3-5-8(7)10-6/h4H,1-3H3;2-5H,1H3,(H,9,10);2-5H,1H3. The Morgan fingerprint density at radius 1 is 0.875 bits per heavy atom. The van der Waals surface area contributed by atoms with Gasteiger partial charge in [0, 0.05) is 5.69 Å². The fraction of sp³-hybridized carbons (Fsp3) is 0.208. The molecule has 0 aliphatic rings. The summed E-state index contributed by atoms with van der Waals surface area (Å²) < 4.78 is 5.79. The average Bonchev–Trinajstić information content (AvgIpc) is 3.33. The smallest absolute Gasteiger partial charge is 0.356 e. The first-order valence-electron chi connectivity index (χ1n) is 10.00. The second-order valence-electron chi connectivity index (χ2n) is 6.97. The van der Waals surface area contributed by atoms with E-state index < -0.39 is 5.97 Å². The number of rotatable bonds is 1. The Bertz CT molecular complexity index is 1180. The maximum atomic E-state index is 11.0. The molecule has 1 N–H and O–H groups in total. The maximum absolute atomic E-state index is 11.0. The number of hydrogen-bond acceptors (Lipinski definition) is 7. The molecule has 0 aliphatic carbocycles. The molecule has 0 atom stereocenters. The van der Waals surface area contributed by atoms with Crippen LogP contribution in [0.3, 0.4) is 0 Å². The number of fused-ring (bicyclic) bond motifs is 2. The van der Waals surface area contributed by atoms with Gasteiger partial charge in [0.25, 0.3) is 0 Å². The zero-order chi connectivity index (χ0) is 23.1. The van der Waals surface area contributed by atoms with E-state index in [-0.39, 0.29) is 0 Å². The van der Waals surface area contributed by atoms with Gasteiger partial charge in [0.05, 0.1) is 33.4 Å². The lowest BCUT2D eigenvalue weighted by atomic mass is 10.3. The summed E-state index contributed by atoms with van der Waals surface area (Å²) in [5, 5.41) is 1.14. The summed E-state index contributed by atoms with van der Waals surface area (Å²) in [6, 6.07) is 17.8. The second kappa shape index (κ2) is 10.6. The normalized spacial score (nSPS) is 10.2. The number of aromatic nitrogens is 5. The number of carbonyl (C=O) groups is 1. The SMILES string of the molecule is COC(=O)c1cc(C)nc(C)n1.Cc1nc2ccccc2[nH]1.Cc1nc2ccccc2s1. The number of nitrogens with one attached hydrogen (secondary N) is 1. The number of para-hydroxylation sites is 3. The second-order valence-corrected chi connectivity index (χ2v) is 8.21. The molecule has 0 fully saturated rings. The lowest BCUT2D eigenvalue weighted by molar-refractivity contribution is 0.0593. The molecule has 0 radical (unpaired) electrons. The average molecular weight is 448 g/mol. The number of ether oxygens (including phenoxy) is 1. The van der Waals surface area contributed by atoms with E-state index in [0.717, 1.165) is 33.1 Å². The predicted molar refractivity (Wildman–Crippen MR) is 128 cm³/mol. The number of benzene rings is 2. The molecule has 8 heteroatoms. The van der Waals surface area contributed by atoms with Crippen LogP contribution in [0, 0.1) is 27.7 Å². The molecular weight excluding hydrogens is 422 g/mol. The van der Waals surface area contributed by atoms with Crippen LogP contribution in [-0.2, 0) is 4.74 Å². The summed E-state index contributed by atoms with van der Waals surface area (Å²) in [6.07, 6.45) is 0. The summed E-state index contributed by atoms with van der Waals surface area (Å²) in [5.74, 6) is 1.13. The molecule has 3 aromatic heterocycles. The number of H-pyrrole nitrogens is 1. The van der Waals surface area contributed by atoms with Crippen molar-refractivity contribution in [1.82, 2.24) is 24.9 Å². The Labute approximate surface area is 190 Å². The third-order valence-electron chi connectivity index (χ3n) is 4.27. The summed E-state index contributed by atoms with van der Waals surface area (Å²) in [6.45, 7) is 7.53. The van der Waals surface area contributed by atoms with Crippen molar-refractivity contribution in [2.45, 2.75) is 27.7 Å². The van der Waals surface area contributed by atoms with Gasteiger partial charge in [-0.15, -0.1) is 11.3 Å². The zero-order valence-corrected chi connectivity index (χ0v) is 19.5. The van der Waals surface area contributed by atoms with E-state index >= 15 is 0 Å². The minimum atomic E-state index is -0.427. The minimum absolute atomic E-state index is 0.308.